The third kappa shape index (κ3) is 3.92. The molecule has 0 N–H and O–H groups in total. The van der Waals surface area contributed by atoms with E-state index in [9.17, 15) is 14.9 Å². The molecule has 7 heteroatoms. The number of rotatable bonds is 4. The van der Waals surface area contributed by atoms with Gasteiger partial charge < -0.3 is 4.90 Å². The highest BCUT2D eigenvalue weighted by atomic mass is 35.5. The minimum Gasteiger partial charge on any atom is -0.336 e. The van der Waals surface area contributed by atoms with E-state index < -0.39 is 4.92 Å². The summed E-state index contributed by atoms with van der Waals surface area (Å²) in [5, 5.41) is 10.9. The number of piperazine rings is 1. The van der Waals surface area contributed by atoms with Crippen LogP contribution < -0.4 is 0 Å². The number of halogens is 1. The number of carbonyl (C=O) groups is 1. The van der Waals surface area contributed by atoms with Crippen molar-refractivity contribution in [3.63, 3.8) is 0 Å². The normalized spacial score (nSPS) is 16.0. The fourth-order valence-electron chi connectivity index (χ4n) is 2.47. The minimum atomic E-state index is -0.470. The number of nitrogens with zero attached hydrogens (tertiary/aromatic N) is 3. The summed E-state index contributed by atoms with van der Waals surface area (Å²) in [5.41, 5.74) is 1.06. The van der Waals surface area contributed by atoms with Gasteiger partial charge in [0.25, 0.3) is 11.6 Å². The lowest BCUT2D eigenvalue weighted by molar-refractivity contribution is -0.384. The summed E-state index contributed by atoms with van der Waals surface area (Å²) in [5.74, 6) is 0.435. The van der Waals surface area contributed by atoms with Crippen LogP contribution in [0, 0.1) is 17.0 Å². The van der Waals surface area contributed by atoms with Gasteiger partial charge in [0.1, 0.15) is 0 Å². The molecule has 1 saturated heterocycles. The van der Waals surface area contributed by atoms with Crippen LogP contribution in [0.2, 0.25) is 0 Å². The molecule has 0 aliphatic carbocycles. The first kappa shape index (κ1) is 15.7. The molecule has 1 fully saturated rings. The number of non-ortho nitro benzene ring substituents is 1. The predicted octanol–water partition coefficient (Wildman–Crippen LogP) is 1.90. The molecule has 0 spiro atoms. The van der Waals surface area contributed by atoms with Crippen LogP contribution in [0.1, 0.15) is 15.9 Å². The second-order valence-electron chi connectivity index (χ2n) is 5.14. The van der Waals surface area contributed by atoms with Gasteiger partial charge in [-0.3, -0.25) is 19.8 Å². The van der Waals surface area contributed by atoms with Crippen molar-refractivity contribution in [3.05, 3.63) is 39.4 Å². The highest BCUT2D eigenvalue weighted by molar-refractivity contribution is 6.18. The molecular formula is C14H18ClN3O3. The smallest absolute Gasteiger partial charge is 0.270 e. The van der Waals surface area contributed by atoms with Gasteiger partial charge in [-0.15, -0.1) is 11.6 Å². The Kier molecular flexibility index (Phi) is 5.14. The van der Waals surface area contributed by atoms with E-state index in [-0.39, 0.29) is 11.6 Å². The van der Waals surface area contributed by atoms with E-state index in [1.165, 1.54) is 12.1 Å². The zero-order chi connectivity index (χ0) is 15.4. The molecule has 6 nitrogen and oxygen atoms in total. The fraction of sp³-hybridized carbons (Fsp3) is 0.500. The first-order chi connectivity index (χ1) is 10.0. The van der Waals surface area contributed by atoms with E-state index in [1.807, 2.05) is 0 Å². The Morgan fingerprint density at radius 1 is 1.29 bits per heavy atom. The van der Waals surface area contributed by atoms with Gasteiger partial charge in [0, 0.05) is 56.3 Å². The molecule has 1 heterocycles. The second kappa shape index (κ2) is 6.87. The van der Waals surface area contributed by atoms with Crippen LogP contribution in [-0.2, 0) is 0 Å². The Hall–Kier alpha value is -1.66. The maximum Gasteiger partial charge on any atom is 0.270 e. The monoisotopic (exact) mass is 311 g/mol. The summed E-state index contributed by atoms with van der Waals surface area (Å²) in [4.78, 5) is 26.8. The number of amides is 1. The standard InChI is InChI=1S/C14H18ClN3O3/c1-11-8-12(10-13(9-11)18(20)21)14(19)17-6-4-16(3-2-15)5-7-17/h8-10H,2-7H2,1H3. The molecule has 0 radical (unpaired) electrons. The quantitative estimate of drug-likeness (QED) is 0.484. The third-order valence-corrected chi connectivity index (χ3v) is 3.75. The molecular weight excluding hydrogens is 294 g/mol. The van der Waals surface area contributed by atoms with Gasteiger partial charge in [0.2, 0.25) is 0 Å². The van der Waals surface area contributed by atoms with Crippen molar-refractivity contribution in [2.24, 2.45) is 0 Å². The van der Waals surface area contributed by atoms with E-state index in [0.29, 0.717) is 30.1 Å². The van der Waals surface area contributed by atoms with E-state index in [2.05, 4.69) is 4.90 Å². The van der Waals surface area contributed by atoms with Gasteiger partial charge in [-0.1, -0.05) is 0 Å². The molecule has 1 aromatic rings. The molecule has 21 heavy (non-hydrogen) atoms. The maximum absolute atomic E-state index is 12.5. The molecule has 0 bridgehead atoms. The zero-order valence-corrected chi connectivity index (χ0v) is 12.7. The average Bonchev–Trinajstić information content (AvgIpc) is 2.47. The van der Waals surface area contributed by atoms with Crippen molar-refractivity contribution in [1.82, 2.24) is 9.80 Å². The number of aryl methyl sites for hydroxylation is 1. The molecule has 0 aromatic heterocycles. The Morgan fingerprint density at radius 3 is 2.52 bits per heavy atom. The third-order valence-electron chi connectivity index (χ3n) is 3.58. The fourth-order valence-corrected chi connectivity index (χ4v) is 2.71. The topological polar surface area (TPSA) is 66.7 Å². The highest BCUT2D eigenvalue weighted by Crippen LogP contribution is 2.18. The Bertz CT molecular complexity index is 542. The summed E-state index contributed by atoms with van der Waals surface area (Å²) in [6, 6.07) is 4.51. The number of hydrogen-bond acceptors (Lipinski definition) is 4. The van der Waals surface area contributed by atoms with Crippen LogP contribution in [0.15, 0.2) is 18.2 Å². The number of nitro groups is 1. The molecule has 0 unspecified atom stereocenters. The maximum atomic E-state index is 12.5. The molecule has 0 atom stereocenters. The molecule has 2 rings (SSSR count). The summed E-state index contributed by atoms with van der Waals surface area (Å²) < 4.78 is 0. The largest absolute Gasteiger partial charge is 0.336 e. The van der Waals surface area contributed by atoms with Crippen molar-refractivity contribution in [1.29, 1.82) is 0 Å². The van der Waals surface area contributed by atoms with E-state index in [0.717, 1.165) is 19.6 Å². The van der Waals surface area contributed by atoms with Crippen LogP contribution in [0.4, 0.5) is 5.69 Å². The van der Waals surface area contributed by atoms with Crippen molar-refractivity contribution in [3.8, 4) is 0 Å². The van der Waals surface area contributed by atoms with Crippen molar-refractivity contribution < 1.29 is 9.72 Å². The van der Waals surface area contributed by atoms with Gasteiger partial charge in [-0.25, -0.2) is 0 Å². The van der Waals surface area contributed by atoms with Crippen LogP contribution in [0.25, 0.3) is 0 Å². The average molecular weight is 312 g/mol. The summed E-state index contributed by atoms with van der Waals surface area (Å²) >= 11 is 5.71. The van der Waals surface area contributed by atoms with Gasteiger partial charge in [0.15, 0.2) is 0 Å². The zero-order valence-electron chi connectivity index (χ0n) is 11.9. The lowest BCUT2D eigenvalue weighted by atomic mass is 10.1. The number of carbonyl (C=O) groups excluding carboxylic acids is 1. The van der Waals surface area contributed by atoms with E-state index in [4.69, 9.17) is 11.6 Å². The molecule has 1 aliphatic heterocycles. The van der Waals surface area contributed by atoms with E-state index >= 15 is 0 Å². The number of alkyl halides is 1. The molecule has 1 amide bonds. The predicted molar refractivity (Wildman–Crippen MR) is 80.9 cm³/mol. The Labute approximate surface area is 128 Å². The van der Waals surface area contributed by atoms with Gasteiger partial charge in [0.05, 0.1) is 4.92 Å². The number of nitro benzene ring substituents is 1. The van der Waals surface area contributed by atoms with Crippen molar-refractivity contribution in [2.45, 2.75) is 6.92 Å². The summed E-state index contributed by atoms with van der Waals surface area (Å²) in [6.45, 7) is 5.38. The van der Waals surface area contributed by atoms with E-state index in [1.54, 1.807) is 17.9 Å². The summed E-state index contributed by atoms with van der Waals surface area (Å²) in [6.07, 6.45) is 0. The SMILES string of the molecule is Cc1cc(C(=O)N2CCN(CCCl)CC2)cc([N+](=O)[O-])c1. The minimum absolute atomic E-state index is 0.0425. The van der Waals surface area contributed by atoms with Crippen LogP contribution in [-0.4, -0.2) is 59.2 Å². The van der Waals surface area contributed by atoms with Crippen molar-refractivity contribution in [2.75, 3.05) is 38.6 Å². The molecule has 1 aliphatic rings. The lowest BCUT2D eigenvalue weighted by Gasteiger charge is -2.34. The first-order valence-electron chi connectivity index (χ1n) is 6.85. The van der Waals surface area contributed by atoms with Gasteiger partial charge in [-0.2, -0.15) is 0 Å². The van der Waals surface area contributed by atoms with Crippen LogP contribution in [0.3, 0.4) is 0 Å². The molecule has 114 valence electrons. The summed E-state index contributed by atoms with van der Waals surface area (Å²) in [7, 11) is 0. The lowest BCUT2D eigenvalue weighted by Crippen LogP contribution is -2.49. The molecule has 1 aromatic carbocycles. The number of hydrogen-bond donors (Lipinski definition) is 0. The van der Waals surface area contributed by atoms with Crippen LogP contribution in [0.5, 0.6) is 0 Å². The molecule has 0 saturated carbocycles. The van der Waals surface area contributed by atoms with Crippen molar-refractivity contribution >= 4 is 23.2 Å². The number of benzene rings is 1. The van der Waals surface area contributed by atoms with Crippen LogP contribution >= 0.6 is 11.6 Å². The Morgan fingerprint density at radius 2 is 1.95 bits per heavy atom. The second-order valence-corrected chi connectivity index (χ2v) is 5.52. The Balaban J connectivity index is 2.09. The van der Waals surface area contributed by atoms with Gasteiger partial charge >= 0.3 is 0 Å². The first-order valence-corrected chi connectivity index (χ1v) is 7.38. The van der Waals surface area contributed by atoms with Gasteiger partial charge in [-0.05, 0) is 18.6 Å². The highest BCUT2D eigenvalue weighted by Gasteiger charge is 2.23.